The summed E-state index contributed by atoms with van der Waals surface area (Å²) < 4.78 is 43.7. The number of anilines is 1. The van der Waals surface area contributed by atoms with Gasteiger partial charge in [0.25, 0.3) is 11.5 Å². The molecule has 0 spiro atoms. The van der Waals surface area contributed by atoms with Crippen LogP contribution in [0.3, 0.4) is 0 Å². The number of nitrogens with zero attached hydrogens (tertiary/aromatic N) is 4. The number of rotatable bonds is 20. The van der Waals surface area contributed by atoms with Gasteiger partial charge >= 0.3 is 25.1 Å². The number of halogens is 1. The van der Waals surface area contributed by atoms with Gasteiger partial charge in [-0.05, 0) is 127 Å². The van der Waals surface area contributed by atoms with Crippen molar-refractivity contribution in [1.82, 2.24) is 39.7 Å². The average molecular weight is 1340 g/mol. The Kier molecular flexibility index (Phi) is 25.3. The molecule has 9 rings (SSSR count). The number of nitrogens with two attached hydrogens (primary N) is 1. The molecule has 11 atom stereocenters. The van der Waals surface area contributed by atoms with Crippen molar-refractivity contribution in [3.05, 3.63) is 156 Å². The topological polar surface area (TPSA) is 330 Å². The van der Waals surface area contributed by atoms with E-state index in [1.54, 1.807) is 92.5 Å². The number of hydrogen-bond acceptors (Lipinski definition) is 20. The normalized spacial score (nSPS) is 22.5. The lowest BCUT2D eigenvalue weighted by Gasteiger charge is -2.47. The molecular weight excluding hydrogens is 1260 g/mol. The molecule has 2 saturated heterocycles. The van der Waals surface area contributed by atoms with Crippen LogP contribution in [0.4, 0.5) is 5.82 Å². The first-order valence-electron chi connectivity index (χ1n) is 28.8. The molecular formula is C60H79BrN9O15PS2. The number of aromatic amines is 1. The number of phenols is 1. The lowest BCUT2D eigenvalue weighted by Crippen LogP contribution is -2.60. The number of nitrogen functional groups attached to an aromatic ring is 1. The molecule has 2 aromatic heterocycles. The number of phenolic OH excluding ortho intramolecular Hbond substituents is 1. The zero-order valence-electron chi connectivity index (χ0n) is 50.1. The molecule has 4 aliphatic rings. The van der Waals surface area contributed by atoms with E-state index in [1.807, 2.05) is 51.1 Å². The summed E-state index contributed by atoms with van der Waals surface area (Å²) in [5.74, 6) is 1.69. The van der Waals surface area contributed by atoms with Crippen LogP contribution in [0.15, 0.2) is 127 Å². The van der Waals surface area contributed by atoms with Crippen LogP contribution in [0.25, 0.3) is 0 Å². The Balaban J connectivity index is 0.000000206. The summed E-state index contributed by atoms with van der Waals surface area (Å²) in [6, 6.07) is 21.0. The predicted molar refractivity (Wildman–Crippen MR) is 339 cm³/mol. The van der Waals surface area contributed by atoms with Crippen LogP contribution >= 0.6 is 47.2 Å². The highest BCUT2D eigenvalue weighted by Crippen LogP contribution is 2.46. The van der Waals surface area contributed by atoms with Gasteiger partial charge in [-0.15, -0.1) is 23.5 Å². The molecule has 24 nitrogen and oxygen atoms in total. The quantitative estimate of drug-likeness (QED) is 0.0177. The van der Waals surface area contributed by atoms with E-state index >= 15 is 0 Å². The number of aryl methyl sites for hydroxylation is 1. The van der Waals surface area contributed by atoms with Crippen molar-refractivity contribution in [2.45, 2.75) is 132 Å². The Morgan fingerprint density at radius 1 is 0.977 bits per heavy atom. The Labute approximate surface area is 527 Å². The second-order valence-electron chi connectivity index (χ2n) is 22.7. The zero-order valence-corrected chi connectivity index (χ0v) is 54.2. The second-order valence-corrected chi connectivity index (χ2v) is 27.6. The third-order valence-corrected chi connectivity index (χ3v) is 19.3. The first kappa shape index (κ1) is 69.4. The summed E-state index contributed by atoms with van der Waals surface area (Å²) in [6.07, 6.45) is 9.03. The minimum absolute atomic E-state index is 0.0124. The van der Waals surface area contributed by atoms with Crippen LogP contribution in [-0.2, 0) is 32.9 Å². The minimum Gasteiger partial charge on any atom is -0.508 e. The van der Waals surface area contributed by atoms with E-state index in [-0.39, 0.29) is 65.6 Å². The number of aliphatic hydroxyl groups excluding tert-OH is 2. The third-order valence-electron chi connectivity index (χ3n) is 14.9. The zero-order chi connectivity index (χ0) is 63.9. The summed E-state index contributed by atoms with van der Waals surface area (Å²) in [5, 5.41) is 39.4. The van der Waals surface area contributed by atoms with Crippen LogP contribution < -0.4 is 42.9 Å². The standard InChI is InChI=1S/C32H45N3O4S.C20H23BrN3O8P.C8H11N3O3S/c1-21-25(15-10-16-28(21)36)30(38)33-26(20-40-24-13-6-5-7-14-24)29(37)19-35-18-23-12-9-8-11-22(23)17-27(35)31(39)34-32(2,3)4;1-12-10-24(20(27)22-18(12)25)17-9-8-16(31-17)11-30-33(28,23-13(2)19(26)29-3)32-15-6-4-14(21)5-7-15;9-5-1-2-11(8(13)10-5)6-4-15-7(3-12)14-6/h5-7,10,13-16,22-23,26-27,29,36-37H,8-9,11-12,17-20H2,1-4H3,(H,33,38)(H,34,39);4-10,13,16-17H,11H2,1-3H3,(H,23,28)(H,22,25,27);1-2,6-7,12H,3-4H2,(H2,9,10,13)/t22-,23+,26-,27-,29+;13-,16-,17+,33?;6-,7+/m000/s1. The number of carbonyl (C=O) groups is 3. The van der Waals surface area contributed by atoms with Gasteiger partial charge in [-0.3, -0.25) is 42.7 Å². The van der Waals surface area contributed by atoms with E-state index in [0.717, 1.165) is 35.2 Å². The van der Waals surface area contributed by atoms with Gasteiger partial charge in [-0.25, -0.2) is 14.2 Å². The number of piperidine rings is 1. The molecule has 2 amide bonds. The van der Waals surface area contributed by atoms with Gasteiger partial charge in [0.1, 0.15) is 41.1 Å². The number of aromatic nitrogens is 4. The Hall–Kier alpha value is -6.10. The maximum absolute atomic E-state index is 13.5. The van der Waals surface area contributed by atoms with Crippen molar-refractivity contribution >= 4 is 70.8 Å². The van der Waals surface area contributed by atoms with Gasteiger partial charge in [-0.2, -0.15) is 10.1 Å². The van der Waals surface area contributed by atoms with Crippen LogP contribution in [0, 0.1) is 25.7 Å². The number of H-pyrrole nitrogens is 1. The van der Waals surface area contributed by atoms with Gasteiger partial charge in [0.05, 0.1) is 38.5 Å². The molecule has 1 unspecified atom stereocenters. The van der Waals surface area contributed by atoms with Gasteiger partial charge < -0.3 is 50.4 Å². The second kappa shape index (κ2) is 32.1. The molecule has 5 aromatic rings. The van der Waals surface area contributed by atoms with Crippen LogP contribution in [0.1, 0.15) is 93.7 Å². The fraction of sp³-hybridized carbons (Fsp3) is 0.483. The summed E-state index contributed by atoms with van der Waals surface area (Å²) in [5.41, 5.74) is 4.46. The Morgan fingerprint density at radius 3 is 2.36 bits per heavy atom. The number of aliphatic hydroxyl groups is 2. The first-order chi connectivity index (χ1) is 41.8. The number of nitrogens with one attached hydrogen (secondary N) is 4. The number of amides is 2. The molecule has 0 bridgehead atoms. The molecule has 88 heavy (non-hydrogen) atoms. The maximum atomic E-state index is 13.5. The average Bonchev–Trinajstić information content (AvgIpc) is 2.18. The molecule has 3 fully saturated rings. The Bertz CT molecular complexity index is 3430. The van der Waals surface area contributed by atoms with Crippen LogP contribution in [-0.4, -0.2) is 143 Å². The van der Waals surface area contributed by atoms with E-state index < -0.39 is 61.2 Å². The van der Waals surface area contributed by atoms with E-state index in [9.17, 15) is 43.5 Å². The van der Waals surface area contributed by atoms with Crippen molar-refractivity contribution in [1.29, 1.82) is 0 Å². The number of β-amino-alcohol motifs (C(OH)–C–C–N with tert-alkyl or cyclic N) is 1. The van der Waals surface area contributed by atoms with Gasteiger partial charge in [0.2, 0.25) is 5.91 Å². The van der Waals surface area contributed by atoms with Gasteiger partial charge in [-0.1, -0.05) is 65.5 Å². The molecule has 1 aliphatic carbocycles. The minimum atomic E-state index is -4.04. The fourth-order valence-electron chi connectivity index (χ4n) is 10.3. The molecule has 3 aliphatic heterocycles. The van der Waals surface area contributed by atoms with E-state index in [4.69, 9.17) is 29.4 Å². The van der Waals surface area contributed by atoms with Crippen molar-refractivity contribution in [3.8, 4) is 11.5 Å². The van der Waals surface area contributed by atoms with Gasteiger partial charge in [0.15, 0.2) is 6.23 Å². The third kappa shape index (κ3) is 19.9. The molecule has 1 saturated carbocycles. The predicted octanol–water partition coefficient (Wildman–Crippen LogP) is 6.57. The maximum Gasteiger partial charge on any atom is 0.459 e. The summed E-state index contributed by atoms with van der Waals surface area (Å²) in [6.45, 7) is 11.5. The number of thioether (sulfide) groups is 2. The number of aromatic hydroxyl groups is 1. The van der Waals surface area contributed by atoms with Crippen LogP contribution in [0.5, 0.6) is 11.5 Å². The molecule has 478 valence electrons. The molecule has 5 heterocycles. The highest BCUT2D eigenvalue weighted by atomic mass is 79.9. The Morgan fingerprint density at radius 2 is 1.69 bits per heavy atom. The SMILES string of the molecule is COC(=O)[C@H](C)NP(=O)(OC[C@@H]1C=C[C@H](n2cc(C)c(=O)[nH]c2=O)O1)Oc1ccc(Br)cc1.Cc1c(O)cccc1C(=O)N[C@@H](CSc1ccccc1)[C@H](O)CN1C[C@H]2CCCC[C@H]2C[C@H]1C(=O)NC(C)(C)C.Nc1ccn([C@@H]2CS[C@H](CO)O2)c(=O)n1. The van der Waals surface area contributed by atoms with E-state index in [0.29, 0.717) is 46.6 Å². The number of likely N-dealkylation sites (tertiary alicyclic amines) is 1. The highest BCUT2D eigenvalue weighted by molar-refractivity contribution is 9.10. The number of methoxy groups -OCH3 is 1. The number of fused-ring (bicyclic) bond motifs is 1. The lowest BCUT2D eigenvalue weighted by molar-refractivity contribution is -0.142. The number of ether oxygens (including phenoxy) is 3. The monoisotopic (exact) mass is 1340 g/mol. The van der Waals surface area contributed by atoms with Crippen molar-refractivity contribution in [2.24, 2.45) is 11.8 Å². The highest BCUT2D eigenvalue weighted by Gasteiger charge is 2.42. The smallest absolute Gasteiger partial charge is 0.459 e. The van der Waals surface area contributed by atoms with Crippen molar-refractivity contribution < 1.29 is 57.5 Å². The number of carbonyl (C=O) groups excluding carboxylic acids is 3. The van der Waals surface area contributed by atoms with Crippen molar-refractivity contribution in [3.63, 3.8) is 0 Å². The molecule has 9 N–H and O–H groups in total. The van der Waals surface area contributed by atoms with Crippen molar-refractivity contribution in [2.75, 3.05) is 50.7 Å². The molecule has 28 heteroatoms. The van der Waals surface area contributed by atoms with E-state index in [1.165, 1.54) is 54.0 Å². The summed E-state index contributed by atoms with van der Waals surface area (Å²) in [7, 11) is -2.84. The fourth-order valence-corrected chi connectivity index (χ4v) is 14.0. The first-order valence-corrected chi connectivity index (χ1v) is 33.1. The molecule has 0 radical (unpaired) electrons. The number of hydrogen-bond donors (Lipinski definition) is 8. The summed E-state index contributed by atoms with van der Waals surface area (Å²) >= 11 is 6.35. The number of benzene rings is 3. The lowest BCUT2D eigenvalue weighted by atomic mass is 9.72. The summed E-state index contributed by atoms with van der Waals surface area (Å²) in [4.78, 5) is 82.7. The number of esters is 1. The van der Waals surface area contributed by atoms with Gasteiger partial charge in [0, 0.05) is 68.6 Å². The largest absolute Gasteiger partial charge is 0.508 e. The molecule has 3 aromatic carbocycles. The van der Waals surface area contributed by atoms with E-state index in [2.05, 4.69) is 51.3 Å². The van der Waals surface area contributed by atoms with Crippen LogP contribution in [0.2, 0.25) is 0 Å².